The van der Waals surface area contributed by atoms with Gasteiger partial charge in [0.2, 0.25) is 5.91 Å². The highest BCUT2D eigenvalue weighted by Crippen LogP contribution is 2.39. The predicted molar refractivity (Wildman–Crippen MR) is 133 cm³/mol. The lowest BCUT2D eigenvalue weighted by atomic mass is 10.1. The van der Waals surface area contributed by atoms with Gasteiger partial charge in [0.05, 0.1) is 19.1 Å². The van der Waals surface area contributed by atoms with Gasteiger partial charge in [-0.2, -0.15) is 0 Å². The van der Waals surface area contributed by atoms with Crippen molar-refractivity contribution in [3.63, 3.8) is 0 Å². The zero-order chi connectivity index (χ0) is 23.7. The third-order valence-electron chi connectivity index (χ3n) is 6.38. The molecule has 174 valence electrons. The maximum absolute atomic E-state index is 12.9. The molecule has 1 fully saturated rings. The molecule has 0 spiro atoms. The van der Waals surface area contributed by atoms with Gasteiger partial charge in [0.25, 0.3) is 0 Å². The van der Waals surface area contributed by atoms with E-state index in [9.17, 15) is 4.79 Å². The van der Waals surface area contributed by atoms with E-state index in [0.717, 1.165) is 64.1 Å². The number of rotatable bonds is 3. The fourth-order valence-corrected chi connectivity index (χ4v) is 4.43. The molecule has 0 radical (unpaired) electrons. The third kappa shape index (κ3) is 4.49. The molecule has 34 heavy (non-hydrogen) atoms. The largest absolute Gasteiger partial charge is 0.497 e. The summed E-state index contributed by atoms with van der Waals surface area (Å²) < 4.78 is 11.5. The molecule has 3 aromatic rings. The summed E-state index contributed by atoms with van der Waals surface area (Å²) in [6, 6.07) is 20.0. The average Bonchev–Trinajstić information content (AvgIpc) is 3.00. The number of benzene rings is 3. The molecule has 0 N–H and O–H groups in total. The van der Waals surface area contributed by atoms with E-state index in [1.54, 1.807) is 7.11 Å². The average molecular weight is 456 g/mol. The Hall–Kier alpha value is -3.80. The summed E-state index contributed by atoms with van der Waals surface area (Å²) in [5.74, 6) is 3.43. The van der Waals surface area contributed by atoms with Gasteiger partial charge in [0, 0.05) is 26.2 Å². The molecule has 0 saturated carbocycles. The summed E-state index contributed by atoms with van der Waals surface area (Å²) in [6.45, 7) is 6.91. The molecule has 0 bridgehead atoms. The summed E-state index contributed by atoms with van der Waals surface area (Å²) in [5, 5.41) is 0. The number of nitrogens with zero attached hydrogens (tertiary/aromatic N) is 3. The van der Waals surface area contributed by atoms with Crippen LogP contribution in [0.3, 0.4) is 0 Å². The summed E-state index contributed by atoms with van der Waals surface area (Å²) in [6.07, 6.45) is 0.396. The maximum Gasteiger partial charge on any atom is 0.227 e. The number of amidine groups is 1. The molecule has 1 saturated heterocycles. The van der Waals surface area contributed by atoms with Gasteiger partial charge in [-0.1, -0.05) is 29.8 Å². The van der Waals surface area contributed by atoms with Crippen molar-refractivity contribution in [2.75, 3.05) is 33.3 Å². The second kappa shape index (κ2) is 9.21. The molecule has 1 amide bonds. The first-order chi connectivity index (χ1) is 16.5. The number of carbonyl (C=O) groups is 1. The van der Waals surface area contributed by atoms with Gasteiger partial charge in [-0.15, -0.1) is 0 Å². The fraction of sp³-hybridized carbons (Fsp3) is 0.286. The van der Waals surface area contributed by atoms with Gasteiger partial charge in [-0.25, -0.2) is 4.99 Å². The van der Waals surface area contributed by atoms with Crippen LogP contribution in [0.4, 0.5) is 5.69 Å². The first-order valence-corrected chi connectivity index (χ1v) is 11.6. The van der Waals surface area contributed by atoms with Crippen LogP contribution in [0.25, 0.3) is 0 Å². The second-order valence-electron chi connectivity index (χ2n) is 8.90. The van der Waals surface area contributed by atoms with Crippen molar-refractivity contribution >= 4 is 17.4 Å². The highest BCUT2D eigenvalue weighted by Gasteiger charge is 2.27. The number of amides is 1. The lowest BCUT2D eigenvalue weighted by molar-refractivity contribution is -0.131. The third-order valence-corrected chi connectivity index (χ3v) is 6.38. The van der Waals surface area contributed by atoms with Crippen LogP contribution in [0, 0.1) is 13.8 Å². The van der Waals surface area contributed by atoms with E-state index in [4.69, 9.17) is 14.5 Å². The van der Waals surface area contributed by atoms with Crippen LogP contribution < -0.4 is 9.47 Å². The van der Waals surface area contributed by atoms with Gasteiger partial charge in [0.15, 0.2) is 5.75 Å². The SMILES string of the molecule is COc1ccc(CC(=O)N2CCN(C3=Nc4ccc(C)cc4Oc4ccc(C)cc43)CC2)cc1. The smallest absolute Gasteiger partial charge is 0.227 e. The van der Waals surface area contributed by atoms with Crippen LogP contribution in [-0.2, 0) is 11.2 Å². The Morgan fingerprint density at radius 1 is 0.912 bits per heavy atom. The first-order valence-electron chi connectivity index (χ1n) is 11.6. The standard InChI is InChI=1S/C28H29N3O3/c1-19-5-11-25-23(16-19)28(29-24-10-4-20(2)17-26(24)34-25)31-14-12-30(13-15-31)27(32)18-21-6-8-22(33-3)9-7-21/h4-11,16-17H,12-15,18H2,1-3H3. The fourth-order valence-electron chi connectivity index (χ4n) is 4.43. The topological polar surface area (TPSA) is 54.4 Å². The molecular formula is C28H29N3O3. The Morgan fingerprint density at radius 3 is 2.35 bits per heavy atom. The molecule has 0 aliphatic carbocycles. The number of carbonyl (C=O) groups excluding carboxylic acids is 1. The van der Waals surface area contributed by atoms with Crippen LogP contribution in [0.2, 0.25) is 0 Å². The molecule has 6 nitrogen and oxygen atoms in total. The lowest BCUT2D eigenvalue weighted by Gasteiger charge is -2.36. The number of hydrogen-bond donors (Lipinski definition) is 0. The number of aryl methyl sites for hydroxylation is 2. The summed E-state index contributed by atoms with van der Waals surface area (Å²) in [5.41, 5.74) is 5.11. The van der Waals surface area contributed by atoms with E-state index < -0.39 is 0 Å². The lowest BCUT2D eigenvalue weighted by Crippen LogP contribution is -2.51. The molecule has 5 rings (SSSR count). The van der Waals surface area contributed by atoms with Crippen molar-refractivity contribution in [1.82, 2.24) is 9.80 Å². The number of aliphatic imine (C=N–C) groups is 1. The van der Waals surface area contributed by atoms with E-state index in [1.165, 1.54) is 0 Å². The molecule has 0 unspecified atom stereocenters. The number of methoxy groups -OCH3 is 1. The van der Waals surface area contributed by atoms with E-state index in [2.05, 4.69) is 36.9 Å². The minimum absolute atomic E-state index is 0.146. The molecule has 0 atom stereocenters. The minimum atomic E-state index is 0.146. The van der Waals surface area contributed by atoms with Crippen molar-refractivity contribution in [2.45, 2.75) is 20.3 Å². The molecule has 2 aliphatic heterocycles. The highest BCUT2D eigenvalue weighted by atomic mass is 16.5. The van der Waals surface area contributed by atoms with Crippen molar-refractivity contribution in [2.24, 2.45) is 4.99 Å². The van der Waals surface area contributed by atoms with Crippen molar-refractivity contribution in [3.05, 3.63) is 82.9 Å². The summed E-state index contributed by atoms with van der Waals surface area (Å²) in [4.78, 5) is 22.2. The van der Waals surface area contributed by atoms with Crippen molar-refractivity contribution < 1.29 is 14.3 Å². The number of fused-ring (bicyclic) bond motifs is 2. The molecule has 6 heteroatoms. The first kappa shape index (κ1) is 22.0. The van der Waals surface area contributed by atoms with Crippen LogP contribution in [0.1, 0.15) is 22.3 Å². The normalized spacial score (nSPS) is 15.0. The minimum Gasteiger partial charge on any atom is -0.497 e. The molecule has 2 heterocycles. The highest BCUT2D eigenvalue weighted by molar-refractivity contribution is 6.04. The number of piperazine rings is 1. The Bertz CT molecular complexity index is 1240. The second-order valence-corrected chi connectivity index (χ2v) is 8.90. The van der Waals surface area contributed by atoms with E-state index >= 15 is 0 Å². The van der Waals surface area contributed by atoms with E-state index in [1.807, 2.05) is 47.4 Å². The van der Waals surface area contributed by atoms with Gasteiger partial charge < -0.3 is 19.3 Å². The Morgan fingerprint density at radius 2 is 1.62 bits per heavy atom. The van der Waals surface area contributed by atoms with Gasteiger partial charge in [-0.3, -0.25) is 4.79 Å². The zero-order valence-corrected chi connectivity index (χ0v) is 19.9. The Balaban J connectivity index is 1.34. The van der Waals surface area contributed by atoms with Crippen LogP contribution in [0.15, 0.2) is 65.7 Å². The molecule has 2 aliphatic rings. The molecule has 3 aromatic carbocycles. The van der Waals surface area contributed by atoms with E-state index in [0.29, 0.717) is 19.5 Å². The summed E-state index contributed by atoms with van der Waals surface area (Å²) >= 11 is 0. The maximum atomic E-state index is 12.9. The van der Waals surface area contributed by atoms with Crippen molar-refractivity contribution in [1.29, 1.82) is 0 Å². The van der Waals surface area contributed by atoms with Crippen molar-refractivity contribution in [3.8, 4) is 17.2 Å². The number of hydrogen-bond acceptors (Lipinski definition) is 5. The Labute approximate surface area is 200 Å². The van der Waals surface area contributed by atoms with Gasteiger partial charge in [0.1, 0.15) is 23.0 Å². The van der Waals surface area contributed by atoms with E-state index in [-0.39, 0.29) is 5.91 Å². The van der Waals surface area contributed by atoms with Gasteiger partial charge in [-0.05, 0) is 61.4 Å². The molecule has 0 aromatic heterocycles. The quantitative estimate of drug-likeness (QED) is 0.565. The zero-order valence-electron chi connectivity index (χ0n) is 19.9. The Kier molecular flexibility index (Phi) is 5.97. The van der Waals surface area contributed by atoms with Crippen LogP contribution >= 0.6 is 0 Å². The van der Waals surface area contributed by atoms with Gasteiger partial charge >= 0.3 is 0 Å². The number of ether oxygens (including phenoxy) is 2. The monoisotopic (exact) mass is 455 g/mol. The summed E-state index contributed by atoms with van der Waals surface area (Å²) in [7, 11) is 1.64. The van der Waals surface area contributed by atoms with Crippen LogP contribution in [-0.4, -0.2) is 54.8 Å². The molecular weight excluding hydrogens is 426 g/mol. The predicted octanol–water partition coefficient (Wildman–Crippen LogP) is 4.88. The van der Waals surface area contributed by atoms with Crippen LogP contribution in [0.5, 0.6) is 17.2 Å².